The lowest BCUT2D eigenvalue weighted by molar-refractivity contribution is -0.144. The minimum atomic E-state index is -0.400. The van der Waals surface area contributed by atoms with Gasteiger partial charge in [0.15, 0.2) is 5.13 Å². The third-order valence-corrected chi connectivity index (χ3v) is 6.57. The number of benzene rings is 1. The lowest BCUT2D eigenvalue weighted by Gasteiger charge is -2.10. The molecule has 0 N–H and O–H groups in total. The number of thioether (sulfide) groups is 1. The number of ether oxygens (including phenoxy) is 1. The highest BCUT2D eigenvalue weighted by atomic mass is 35.5. The van der Waals surface area contributed by atoms with E-state index >= 15 is 0 Å². The molecule has 6 nitrogen and oxygen atoms in total. The molecule has 1 amide bonds. The van der Waals surface area contributed by atoms with Gasteiger partial charge in [-0.1, -0.05) is 17.7 Å². The van der Waals surface area contributed by atoms with Gasteiger partial charge < -0.3 is 4.74 Å². The Hall–Kier alpha value is -2.16. The van der Waals surface area contributed by atoms with Gasteiger partial charge in [-0.25, -0.2) is 9.97 Å². The van der Waals surface area contributed by atoms with Gasteiger partial charge in [0.05, 0.1) is 17.6 Å². The van der Waals surface area contributed by atoms with Crippen molar-refractivity contribution in [2.24, 2.45) is 0 Å². The van der Waals surface area contributed by atoms with Crippen LogP contribution in [0.3, 0.4) is 0 Å². The van der Waals surface area contributed by atoms with Crippen LogP contribution in [0.15, 0.2) is 34.5 Å². The topological polar surface area (TPSA) is 72.4 Å². The van der Waals surface area contributed by atoms with E-state index in [1.165, 1.54) is 11.3 Å². The lowest BCUT2D eigenvalue weighted by Crippen LogP contribution is -2.23. The normalized spacial score (nSPS) is 14.0. The van der Waals surface area contributed by atoms with E-state index in [0.29, 0.717) is 34.5 Å². The number of nitrogens with zero attached hydrogens (tertiary/aromatic N) is 3. The Balaban J connectivity index is 1.39. The second-order valence-electron chi connectivity index (χ2n) is 6.60. The maximum absolute atomic E-state index is 12.2. The van der Waals surface area contributed by atoms with Crippen LogP contribution in [0.2, 0.25) is 5.15 Å². The summed E-state index contributed by atoms with van der Waals surface area (Å²) in [6.07, 6.45) is 3.45. The molecule has 1 aliphatic rings. The quantitative estimate of drug-likeness (QED) is 0.315. The molecule has 0 saturated carbocycles. The number of rotatable bonds is 6. The van der Waals surface area contributed by atoms with Crippen molar-refractivity contribution < 1.29 is 14.3 Å². The molecule has 0 unspecified atom stereocenters. The molecule has 2 aromatic heterocycles. The van der Waals surface area contributed by atoms with Gasteiger partial charge in [-0.2, -0.15) is 0 Å². The van der Waals surface area contributed by atoms with Crippen LogP contribution >= 0.6 is 34.7 Å². The molecule has 29 heavy (non-hydrogen) atoms. The number of halogens is 1. The highest BCUT2D eigenvalue weighted by molar-refractivity contribution is 7.98. The van der Waals surface area contributed by atoms with Crippen LogP contribution in [0.1, 0.15) is 24.1 Å². The van der Waals surface area contributed by atoms with Crippen molar-refractivity contribution in [1.29, 1.82) is 0 Å². The molecule has 0 bridgehead atoms. The number of pyridine rings is 1. The summed E-state index contributed by atoms with van der Waals surface area (Å²) in [7, 11) is 0. The first kappa shape index (κ1) is 20.1. The van der Waals surface area contributed by atoms with E-state index in [4.69, 9.17) is 16.3 Å². The number of thiazole rings is 1. The zero-order valence-corrected chi connectivity index (χ0v) is 18.1. The molecule has 0 atom stereocenters. The second kappa shape index (κ2) is 8.69. The summed E-state index contributed by atoms with van der Waals surface area (Å²) in [5, 5.41) is 3.70. The average molecular weight is 448 g/mol. The molecular weight excluding hydrogens is 430 g/mol. The van der Waals surface area contributed by atoms with Gasteiger partial charge in [0.1, 0.15) is 11.8 Å². The van der Waals surface area contributed by atoms with Gasteiger partial charge in [-0.05, 0) is 30.9 Å². The summed E-state index contributed by atoms with van der Waals surface area (Å²) >= 11 is 9.28. The third kappa shape index (κ3) is 4.55. The molecule has 0 aliphatic carbocycles. The fraction of sp³-hybridized carbons (Fsp3) is 0.300. The molecule has 4 rings (SSSR count). The Labute approximate surface area is 181 Å². The first-order chi connectivity index (χ1) is 14.0. The van der Waals surface area contributed by atoms with Crippen LogP contribution in [-0.2, 0) is 27.4 Å². The lowest BCUT2D eigenvalue weighted by atomic mass is 10.1. The molecule has 1 aliphatic heterocycles. The Morgan fingerprint density at radius 2 is 2.21 bits per heavy atom. The predicted molar refractivity (Wildman–Crippen MR) is 116 cm³/mol. The highest BCUT2D eigenvalue weighted by Crippen LogP contribution is 2.27. The first-order valence-electron chi connectivity index (χ1n) is 9.07. The molecule has 1 fully saturated rings. The van der Waals surface area contributed by atoms with Crippen LogP contribution in [0, 0.1) is 0 Å². The van der Waals surface area contributed by atoms with Crippen molar-refractivity contribution in [2.75, 3.05) is 17.7 Å². The summed E-state index contributed by atoms with van der Waals surface area (Å²) in [6.45, 7) is 0.731. The Bertz CT molecular complexity index is 1090. The molecule has 1 aromatic carbocycles. The summed E-state index contributed by atoms with van der Waals surface area (Å²) < 4.78 is 5.38. The van der Waals surface area contributed by atoms with Gasteiger partial charge >= 0.3 is 5.97 Å². The third-order valence-electron chi connectivity index (χ3n) is 4.61. The smallest absolute Gasteiger partial charge is 0.312 e. The van der Waals surface area contributed by atoms with Gasteiger partial charge in [-0.3, -0.25) is 14.5 Å². The Morgan fingerprint density at radius 3 is 2.97 bits per heavy atom. The van der Waals surface area contributed by atoms with Crippen molar-refractivity contribution in [3.8, 4) is 0 Å². The van der Waals surface area contributed by atoms with E-state index in [0.717, 1.165) is 22.2 Å². The van der Waals surface area contributed by atoms with E-state index in [1.807, 2.05) is 30.5 Å². The van der Waals surface area contributed by atoms with E-state index in [9.17, 15) is 9.59 Å². The summed E-state index contributed by atoms with van der Waals surface area (Å²) in [5.41, 5.74) is 2.07. The van der Waals surface area contributed by atoms with Crippen LogP contribution in [0.5, 0.6) is 0 Å². The molecule has 0 radical (unpaired) electrons. The molecule has 3 aromatic rings. The Kier molecular flexibility index (Phi) is 6.03. The summed E-state index contributed by atoms with van der Waals surface area (Å²) in [6, 6.07) is 7.87. The van der Waals surface area contributed by atoms with Crippen molar-refractivity contribution >= 4 is 62.6 Å². The molecule has 0 spiro atoms. The molecular formula is C20H18ClN3O3S2. The van der Waals surface area contributed by atoms with Crippen LogP contribution in [0.4, 0.5) is 5.13 Å². The SMILES string of the molecule is CSc1ccc2cc(COC(=O)Cc3csc(N4CCCC4=O)n3)c(Cl)nc2c1. The van der Waals surface area contributed by atoms with Crippen LogP contribution in [-0.4, -0.2) is 34.6 Å². The number of esters is 1. The van der Waals surface area contributed by atoms with Crippen LogP contribution in [0.25, 0.3) is 10.9 Å². The summed E-state index contributed by atoms with van der Waals surface area (Å²) in [5.74, 6) is -0.319. The maximum Gasteiger partial charge on any atom is 0.312 e. The van der Waals surface area contributed by atoms with Gasteiger partial charge in [0, 0.05) is 34.2 Å². The van der Waals surface area contributed by atoms with Crippen molar-refractivity contribution in [3.05, 3.63) is 46.1 Å². The molecule has 9 heteroatoms. The first-order valence-corrected chi connectivity index (χ1v) is 11.6. The average Bonchev–Trinajstić information content (AvgIpc) is 3.34. The number of hydrogen-bond acceptors (Lipinski definition) is 7. The fourth-order valence-corrected chi connectivity index (χ4v) is 4.61. The van der Waals surface area contributed by atoms with E-state index < -0.39 is 5.97 Å². The maximum atomic E-state index is 12.2. The molecule has 3 heterocycles. The van der Waals surface area contributed by atoms with Crippen molar-refractivity contribution in [1.82, 2.24) is 9.97 Å². The second-order valence-corrected chi connectivity index (χ2v) is 8.68. The monoisotopic (exact) mass is 447 g/mol. The number of fused-ring (bicyclic) bond motifs is 1. The van der Waals surface area contributed by atoms with Crippen molar-refractivity contribution in [2.45, 2.75) is 30.8 Å². The predicted octanol–water partition coefficient (Wildman–Crippen LogP) is 4.48. The van der Waals surface area contributed by atoms with Gasteiger partial charge in [0.2, 0.25) is 5.91 Å². The minimum absolute atomic E-state index is 0.0481. The Morgan fingerprint density at radius 1 is 1.34 bits per heavy atom. The number of carbonyl (C=O) groups is 2. The number of anilines is 1. The van der Waals surface area contributed by atoms with E-state index in [1.54, 1.807) is 22.0 Å². The largest absolute Gasteiger partial charge is 0.460 e. The minimum Gasteiger partial charge on any atom is -0.460 e. The number of hydrogen-bond donors (Lipinski definition) is 0. The number of carbonyl (C=O) groups excluding carboxylic acids is 2. The highest BCUT2D eigenvalue weighted by Gasteiger charge is 2.24. The standard InChI is InChI=1S/C20H18ClN3O3S2/c1-28-15-5-4-12-7-13(19(21)23-16(12)9-15)10-27-18(26)8-14-11-29-20(22-14)24-6-2-3-17(24)25/h4-5,7,9,11H,2-3,6,8,10H2,1H3. The van der Waals surface area contributed by atoms with Gasteiger partial charge in [0.25, 0.3) is 0 Å². The van der Waals surface area contributed by atoms with Crippen LogP contribution < -0.4 is 4.90 Å². The number of amides is 1. The van der Waals surface area contributed by atoms with Crippen molar-refractivity contribution in [3.63, 3.8) is 0 Å². The number of aromatic nitrogens is 2. The van der Waals surface area contributed by atoms with E-state index in [2.05, 4.69) is 9.97 Å². The zero-order valence-electron chi connectivity index (χ0n) is 15.7. The fourth-order valence-electron chi connectivity index (χ4n) is 3.10. The molecule has 150 valence electrons. The zero-order chi connectivity index (χ0) is 20.4. The van der Waals surface area contributed by atoms with E-state index in [-0.39, 0.29) is 18.9 Å². The molecule has 1 saturated heterocycles. The summed E-state index contributed by atoms with van der Waals surface area (Å²) in [4.78, 5) is 35.6. The van der Waals surface area contributed by atoms with Gasteiger partial charge in [-0.15, -0.1) is 23.1 Å².